The van der Waals surface area contributed by atoms with Crippen LogP contribution in [-0.2, 0) is 9.53 Å². The molecule has 184 valence electrons. The molecule has 4 rings (SSSR count). The van der Waals surface area contributed by atoms with Gasteiger partial charge in [0.15, 0.2) is 11.6 Å². The number of nitrogens with one attached hydrogen (secondary N) is 3. The van der Waals surface area contributed by atoms with Crippen molar-refractivity contribution in [3.8, 4) is 0 Å². The van der Waals surface area contributed by atoms with Crippen LogP contribution in [0.2, 0.25) is 0 Å². The van der Waals surface area contributed by atoms with Crippen LogP contribution >= 0.6 is 0 Å². The molecule has 0 saturated carbocycles. The van der Waals surface area contributed by atoms with Crippen molar-refractivity contribution >= 4 is 34.7 Å². The number of aromatic nitrogens is 2. The molecule has 1 amide bonds. The lowest BCUT2D eigenvalue weighted by molar-refractivity contribution is -0.111. The Morgan fingerprint density at radius 2 is 1.80 bits per heavy atom. The third-order valence-electron chi connectivity index (χ3n) is 5.15. The molecule has 8 nitrogen and oxygen atoms in total. The fourth-order valence-corrected chi connectivity index (χ4v) is 3.45. The van der Waals surface area contributed by atoms with E-state index in [1.54, 1.807) is 18.2 Å². The van der Waals surface area contributed by atoms with E-state index in [1.165, 1.54) is 6.08 Å². The van der Waals surface area contributed by atoms with Gasteiger partial charge in [-0.3, -0.25) is 9.69 Å². The second-order valence-electron chi connectivity index (χ2n) is 7.90. The van der Waals surface area contributed by atoms with Gasteiger partial charge in [0.1, 0.15) is 0 Å². The maximum absolute atomic E-state index is 14.2. The molecule has 0 spiro atoms. The summed E-state index contributed by atoms with van der Waals surface area (Å²) >= 11 is 0. The number of benzene rings is 2. The Labute approximate surface area is 205 Å². The highest BCUT2D eigenvalue weighted by molar-refractivity contribution is 5.99. The molecule has 1 aliphatic rings. The summed E-state index contributed by atoms with van der Waals surface area (Å²) in [5.41, 5.74) is 3.05. The number of ether oxygens (including phenoxy) is 1. The Morgan fingerprint density at radius 1 is 1.09 bits per heavy atom. The molecule has 0 atom stereocenters. The minimum atomic E-state index is -0.558. The summed E-state index contributed by atoms with van der Waals surface area (Å²) in [7, 11) is 0. The highest BCUT2D eigenvalue weighted by atomic mass is 19.1. The number of carbonyl (C=O) groups is 1. The van der Waals surface area contributed by atoms with E-state index in [0.717, 1.165) is 43.8 Å². The number of hydrogen-bond donors (Lipinski definition) is 3. The molecule has 9 heteroatoms. The molecule has 35 heavy (non-hydrogen) atoms. The Balaban J connectivity index is 0.00000342. The Morgan fingerprint density at radius 3 is 2.57 bits per heavy atom. The lowest BCUT2D eigenvalue weighted by Crippen LogP contribution is -2.36. The van der Waals surface area contributed by atoms with Crippen molar-refractivity contribution in [3.63, 3.8) is 0 Å². The van der Waals surface area contributed by atoms with Crippen LogP contribution < -0.4 is 16.0 Å². The molecule has 2 aromatic carbocycles. The highest BCUT2D eigenvalue weighted by Crippen LogP contribution is 2.22. The number of anilines is 5. The molecule has 1 fully saturated rings. The fourth-order valence-electron chi connectivity index (χ4n) is 3.45. The number of rotatable bonds is 8. The molecular formula is C26H31FN6O2. The normalized spacial score (nSPS) is 13.8. The lowest BCUT2D eigenvalue weighted by atomic mass is 10.2. The van der Waals surface area contributed by atoms with Gasteiger partial charge in [-0.05, 0) is 42.8 Å². The van der Waals surface area contributed by atoms with Crippen LogP contribution in [0, 0.1) is 12.7 Å². The van der Waals surface area contributed by atoms with Gasteiger partial charge in [-0.25, -0.2) is 9.37 Å². The van der Waals surface area contributed by atoms with Gasteiger partial charge in [0, 0.05) is 42.8 Å². The van der Waals surface area contributed by atoms with E-state index in [4.69, 9.17) is 4.74 Å². The van der Waals surface area contributed by atoms with Gasteiger partial charge in [0.2, 0.25) is 11.9 Å². The molecule has 1 saturated heterocycles. The maximum Gasteiger partial charge on any atom is 0.248 e. The van der Waals surface area contributed by atoms with Crippen LogP contribution in [0.5, 0.6) is 0 Å². The van der Waals surface area contributed by atoms with Gasteiger partial charge in [-0.15, -0.1) is 0 Å². The molecule has 0 bridgehead atoms. The SMILES string of the molecule is C.Cc1cccc(Nc2nc(Nc3cccc(NC(=O)/C=C/CN4CCOCC4)c3)ncc2F)c1. The van der Waals surface area contributed by atoms with Crippen LogP contribution in [0.1, 0.15) is 13.0 Å². The summed E-state index contributed by atoms with van der Waals surface area (Å²) in [6.45, 7) is 5.85. The summed E-state index contributed by atoms with van der Waals surface area (Å²) in [4.78, 5) is 22.8. The highest BCUT2D eigenvalue weighted by Gasteiger charge is 2.10. The molecule has 3 N–H and O–H groups in total. The first-order chi connectivity index (χ1) is 16.5. The summed E-state index contributed by atoms with van der Waals surface area (Å²) < 4.78 is 19.6. The Kier molecular flexibility index (Phi) is 9.28. The van der Waals surface area contributed by atoms with Crippen molar-refractivity contribution in [2.75, 3.05) is 48.8 Å². The number of amides is 1. The monoisotopic (exact) mass is 478 g/mol. The zero-order valence-electron chi connectivity index (χ0n) is 18.9. The number of morpholine rings is 1. The summed E-state index contributed by atoms with van der Waals surface area (Å²) in [6.07, 6.45) is 4.48. The molecule has 2 heterocycles. The quantitative estimate of drug-likeness (QED) is 0.398. The summed E-state index contributed by atoms with van der Waals surface area (Å²) in [6, 6.07) is 14.7. The molecule has 3 aromatic rings. The van der Waals surface area contributed by atoms with Crippen molar-refractivity contribution in [3.05, 3.63) is 78.3 Å². The largest absolute Gasteiger partial charge is 0.379 e. The predicted molar refractivity (Wildman–Crippen MR) is 138 cm³/mol. The van der Waals surface area contributed by atoms with Crippen LogP contribution in [0.4, 0.5) is 33.2 Å². The van der Waals surface area contributed by atoms with Gasteiger partial charge in [-0.2, -0.15) is 4.98 Å². The summed E-state index contributed by atoms with van der Waals surface area (Å²) in [5.74, 6) is -0.478. The molecule has 0 unspecified atom stereocenters. The number of halogens is 1. The molecule has 0 aliphatic carbocycles. The lowest BCUT2D eigenvalue weighted by Gasteiger charge is -2.25. The number of nitrogens with zero attached hydrogens (tertiary/aromatic N) is 3. The zero-order chi connectivity index (χ0) is 23.8. The predicted octanol–water partition coefficient (Wildman–Crippen LogP) is 4.87. The Hall–Kier alpha value is -3.82. The standard InChI is InChI=1S/C25H27FN6O2.CH4/c1-18-5-2-6-19(15-18)29-24-22(26)17-27-25(31-24)30-21-8-3-7-20(16-21)28-23(33)9-4-10-32-11-13-34-14-12-32;/h2-9,15-17H,10-14H2,1H3,(H,28,33)(H2,27,29,30,31);1H4/b9-4+;. The number of hydrogen-bond acceptors (Lipinski definition) is 7. The van der Waals surface area contributed by atoms with Crippen LogP contribution in [0.3, 0.4) is 0 Å². The van der Waals surface area contributed by atoms with Gasteiger partial charge in [0.05, 0.1) is 19.4 Å². The van der Waals surface area contributed by atoms with Gasteiger partial charge < -0.3 is 20.7 Å². The maximum atomic E-state index is 14.2. The average Bonchev–Trinajstić information content (AvgIpc) is 2.82. The van der Waals surface area contributed by atoms with Gasteiger partial charge in [0.25, 0.3) is 0 Å². The van der Waals surface area contributed by atoms with E-state index in [-0.39, 0.29) is 25.1 Å². The van der Waals surface area contributed by atoms with E-state index in [2.05, 4.69) is 30.8 Å². The smallest absolute Gasteiger partial charge is 0.248 e. The fraction of sp³-hybridized carbons (Fsp3) is 0.269. The van der Waals surface area contributed by atoms with E-state index < -0.39 is 5.82 Å². The average molecular weight is 479 g/mol. The third kappa shape index (κ3) is 7.87. The minimum absolute atomic E-state index is 0. The zero-order valence-corrected chi connectivity index (χ0v) is 18.9. The van der Waals surface area contributed by atoms with Crippen molar-refractivity contribution < 1.29 is 13.9 Å². The first kappa shape index (κ1) is 25.8. The van der Waals surface area contributed by atoms with E-state index in [0.29, 0.717) is 17.9 Å². The van der Waals surface area contributed by atoms with Crippen molar-refractivity contribution in [1.29, 1.82) is 0 Å². The topological polar surface area (TPSA) is 91.4 Å². The third-order valence-corrected chi connectivity index (χ3v) is 5.15. The van der Waals surface area contributed by atoms with Gasteiger partial charge in [-0.1, -0.05) is 31.7 Å². The number of aryl methyl sites for hydroxylation is 1. The second-order valence-corrected chi connectivity index (χ2v) is 7.90. The van der Waals surface area contributed by atoms with Crippen molar-refractivity contribution in [2.24, 2.45) is 0 Å². The molecule has 1 aliphatic heterocycles. The number of carbonyl (C=O) groups excluding carboxylic acids is 1. The van der Waals surface area contributed by atoms with Gasteiger partial charge >= 0.3 is 0 Å². The molecule has 1 aromatic heterocycles. The van der Waals surface area contributed by atoms with E-state index >= 15 is 0 Å². The minimum Gasteiger partial charge on any atom is -0.379 e. The van der Waals surface area contributed by atoms with Crippen LogP contribution in [-0.4, -0.2) is 53.6 Å². The van der Waals surface area contributed by atoms with Crippen LogP contribution in [0.15, 0.2) is 66.9 Å². The second kappa shape index (κ2) is 12.6. The van der Waals surface area contributed by atoms with E-state index in [9.17, 15) is 9.18 Å². The van der Waals surface area contributed by atoms with Crippen molar-refractivity contribution in [2.45, 2.75) is 14.4 Å². The van der Waals surface area contributed by atoms with E-state index in [1.807, 2.05) is 43.3 Å². The van der Waals surface area contributed by atoms with Crippen LogP contribution in [0.25, 0.3) is 0 Å². The molecular weight excluding hydrogens is 447 g/mol. The summed E-state index contributed by atoms with van der Waals surface area (Å²) in [5, 5.41) is 8.87. The molecule has 0 radical (unpaired) electrons. The first-order valence-electron chi connectivity index (χ1n) is 11.1. The Bertz CT molecular complexity index is 1160. The van der Waals surface area contributed by atoms with Crippen molar-refractivity contribution in [1.82, 2.24) is 14.9 Å². The first-order valence-corrected chi connectivity index (χ1v) is 11.1.